The van der Waals surface area contributed by atoms with E-state index in [9.17, 15) is 14.4 Å². The zero-order chi connectivity index (χ0) is 18.5. The van der Waals surface area contributed by atoms with Crippen molar-refractivity contribution in [3.05, 3.63) is 60.2 Å². The van der Waals surface area contributed by atoms with E-state index in [0.29, 0.717) is 11.3 Å². The Morgan fingerprint density at radius 2 is 1.85 bits per heavy atom. The second-order valence-corrected chi connectivity index (χ2v) is 5.92. The molecule has 1 saturated heterocycles. The van der Waals surface area contributed by atoms with E-state index in [1.54, 1.807) is 29.2 Å². The summed E-state index contributed by atoms with van der Waals surface area (Å²) in [7, 11) is 1.51. The van der Waals surface area contributed by atoms with Gasteiger partial charge >= 0.3 is 0 Å². The Bertz CT molecular complexity index is 823. The summed E-state index contributed by atoms with van der Waals surface area (Å²) in [6.07, 6.45) is 0.107. The van der Waals surface area contributed by atoms with Crippen LogP contribution in [0.4, 0.5) is 5.69 Å². The van der Waals surface area contributed by atoms with Crippen molar-refractivity contribution in [1.82, 2.24) is 10.9 Å². The molecular formula is C19H19N3O4. The normalized spacial score (nSPS) is 16.3. The van der Waals surface area contributed by atoms with E-state index >= 15 is 0 Å². The van der Waals surface area contributed by atoms with Gasteiger partial charge < -0.3 is 9.64 Å². The lowest BCUT2D eigenvalue weighted by Gasteiger charge is -2.16. The van der Waals surface area contributed by atoms with E-state index in [1.807, 2.05) is 30.3 Å². The number of rotatable bonds is 4. The molecule has 134 valence electrons. The lowest BCUT2D eigenvalue weighted by atomic mass is 10.1. The van der Waals surface area contributed by atoms with Crippen LogP contribution in [0.15, 0.2) is 54.6 Å². The van der Waals surface area contributed by atoms with Crippen molar-refractivity contribution in [1.29, 1.82) is 0 Å². The van der Waals surface area contributed by atoms with E-state index in [4.69, 9.17) is 4.74 Å². The molecule has 0 bridgehead atoms. The summed E-state index contributed by atoms with van der Waals surface area (Å²) in [5, 5.41) is 0. The number of hydrogen-bond acceptors (Lipinski definition) is 4. The number of benzene rings is 2. The van der Waals surface area contributed by atoms with E-state index in [0.717, 1.165) is 5.69 Å². The Morgan fingerprint density at radius 1 is 1.08 bits per heavy atom. The van der Waals surface area contributed by atoms with Crippen LogP contribution in [0.2, 0.25) is 0 Å². The fourth-order valence-electron chi connectivity index (χ4n) is 2.80. The molecule has 0 unspecified atom stereocenters. The molecule has 0 spiro atoms. The van der Waals surface area contributed by atoms with Gasteiger partial charge in [0, 0.05) is 24.2 Å². The van der Waals surface area contributed by atoms with Crippen LogP contribution in [0, 0.1) is 5.92 Å². The van der Waals surface area contributed by atoms with Crippen LogP contribution in [0.5, 0.6) is 5.75 Å². The lowest BCUT2D eigenvalue weighted by molar-refractivity contribution is -0.126. The molecule has 2 N–H and O–H groups in total. The third-order valence-corrected chi connectivity index (χ3v) is 4.19. The molecule has 7 heteroatoms. The van der Waals surface area contributed by atoms with Crippen LogP contribution >= 0.6 is 0 Å². The van der Waals surface area contributed by atoms with Crippen LogP contribution < -0.4 is 20.5 Å². The van der Waals surface area contributed by atoms with Gasteiger partial charge in [-0.2, -0.15) is 0 Å². The summed E-state index contributed by atoms with van der Waals surface area (Å²) >= 11 is 0. The first-order valence-electron chi connectivity index (χ1n) is 8.18. The van der Waals surface area contributed by atoms with Gasteiger partial charge in [0.2, 0.25) is 11.8 Å². The number of nitrogens with zero attached hydrogens (tertiary/aromatic N) is 1. The number of para-hydroxylation sites is 1. The number of anilines is 1. The minimum absolute atomic E-state index is 0.107. The quantitative estimate of drug-likeness (QED) is 0.816. The van der Waals surface area contributed by atoms with E-state index < -0.39 is 17.7 Å². The first-order chi connectivity index (χ1) is 12.6. The number of hydrogen-bond donors (Lipinski definition) is 2. The van der Waals surface area contributed by atoms with Crippen molar-refractivity contribution < 1.29 is 19.1 Å². The fourth-order valence-corrected chi connectivity index (χ4v) is 2.80. The maximum absolute atomic E-state index is 12.3. The highest BCUT2D eigenvalue weighted by Gasteiger charge is 2.35. The number of ether oxygens (including phenoxy) is 1. The molecule has 3 rings (SSSR count). The third kappa shape index (κ3) is 3.83. The van der Waals surface area contributed by atoms with Gasteiger partial charge in [0.1, 0.15) is 5.75 Å². The van der Waals surface area contributed by atoms with E-state index in [2.05, 4.69) is 10.9 Å². The predicted octanol–water partition coefficient (Wildman–Crippen LogP) is 1.51. The number of carbonyl (C=O) groups is 3. The van der Waals surface area contributed by atoms with E-state index in [-0.39, 0.29) is 18.9 Å². The predicted molar refractivity (Wildman–Crippen MR) is 95.5 cm³/mol. The van der Waals surface area contributed by atoms with Crippen molar-refractivity contribution in [3.8, 4) is 5.75 Å². The van der Waals surface area contributed by atoms with Gasteiger partial charge in [-0.25, -0.2) is 0 Å². The van der Waals surface area contributed by atoms with Gasteiger partial charge in [-0.05, 0) is 30.3 Å². The summed E-state index contributed by atoms with van der Waals surface area (Å²) in [6, 6.07) is 15.8. The van der Waals surface area contributed by atoms with Gasteiger partial charge in [-0.3, -0.25) is 25.2 Å². The number of hydrazine groups is 1. The van der Waals surface area contributed by atoms with Gasteiger partial charge in [0.25, 0.3) is 5.91 Å². The standard InChI is InChI=1S/C19H19N3O4/c1-26-16-9-5-6-13(10-16)18(24)20-21-19(25)14-11-17(23)22(12-14)15-7-3-2-4-8-15/h2-10,14H,11-12H2,1H3,(H,20,24)(H,21,25)/t14-/m1/s1. The Labute approximate surface area is 150 Å². The summed E-state index contributed by atoms with van der Waals surface area (Å²) in [4.78, 5) is 38.2. The summed E-state index contributed by atoms with van der Waals surface area (Å²) in [5.41, 5.74) is 5.88. The highest BCUT2D eigenvalue weighted by molar-refractivity contribution is 6.01. The van der Waals surface area contributed by atoms with Gasteiger partial charge in [-0.15, -0.1) is 0 Å². The van der Waals surface area contributed by atoms with Gasteiger partial charge in [0.05, 0.1) is 13.0 Å². The highest BCUT2D eigenvalue weighted by Crippen LogP contribution is 2.24. The van der Waals surface area contributed by atoms with Crippen molar-refractivity contribution >= 4 is 23.4 Å². The second kappa shape index (κ2) is 7.69. The molecule has 0 aromatic heterocycles. The fraction of sp³-hybridized carbons (Fsp3) is 0.211. The molecule has 1 fully saturated rings. The lowest BCUT2D eigenvalue weighted by Crippen LogP contribution is -2.45. The Hall–Kier alpha value is -3.35. The summed E-state index contributed by atoms with van der Waals surface area (Å²) in [5.74, 6) is -0.942. The second-order valence-electron chi connectivity index (χ2n) is 5.92. The molecule has 1 heterocycles. The monoisotopic (exact) mass is 353 g/mol. The highest BCUT2D eigenvalue weighted by atomic mass is 16.5. The summed E-state index contributed by atoms with van der Waals surface area (Å²) in [6.45, 7) is 0.281. The van der Waals surface area contributed by atoms with Gasteiger partial charge in [0.15, 0.2) is 0 Å². The first kappa shape index (κ1) is 17.5. The van der Waals surface area contributed by atoms with Crippen LogP contribution in [-0.4, -0.2) is 31.4 Å². The van der Waals surface area contributed by atoms with Crippen LogP contribution in [0.3, 0.4) is 0 Å². The maximum atomic E-state index is 12.3. The van der Waals surface area contributed by atoms with Crippen LogP contribution in [0.1, 0.15) is 16.8 Å². The van der Waals surface area contributed by atoms with Crippen LogP contribution in [-0.2, 0) is 9.59 Å². The molecule has 1 aliphatic heterocycles. The smallest absolute Gasteiger partial charge is 0.269 e. The van der Waals surface area contributed by atoms with Crippen molar-refractivity contribution in [2.75, 3.05) is 18.6 Å². The minimum atomic E-state index is -0.520. The van der Waals surface area contributed by atoms with Crippen LogP contribution in [0.25, 0.3) is 0 Å². The third-order valence-electron chi connectivity index (χ3n) is 4.19. The average Bonchev–Trinajstić information content (AvgIpc) is 3.08. The number of carbonyl (C=O) groups excluding carboxylic acids is 3. The van der Waals surface area contributed by atoms with Crippen molar-refractivity contribution in [3.63, 3.8) is 0 Å². The SMILES string of the molecule is COc1cccc(C(=O)NNC(=O)[C@@H]2CC(=O)N(c3ccccc3)C2)c1. The zero-order valence-electron chi connectivity index (χ0n) is 14.3. The largest absolute Gasteiger partial charge is 0.497 e. The topological polar surface area (TPSA) is 87.7 Å². The molecule has 1 atom stereocenters. The molecule has 0 aliphatic carbocycles. The molecule has 1 aliphatic rings. The number of methoxy groups -OCH3 is 1. The Kier molecular flexibility index (Phi) is 5.17. The minimum Gasteiger partial charge on any atom is -0.497 e. The Morgan fingerprint density at radius 3 is 2.58 bits per heavy atom. The van der Waals surface area contributed by atoms with Gasteiger partial charge in [-0.1, -0.05) is 24.3 Å². The molecule has 3 amide bonds. The Balaban J connectivity index is 1.57. The average molecular weight is 353 g/mol. The first-order valence-corrected chi connectivity index (χ1v) is 8.18. The molecule has 26 heavy (non-hydrogen) atoms. The molecule has 7 nitrogen and oxygen atoms in total. The molecule has 0 radical (unpaired) electrons. The molecular weight excluding hydrogens is 334 g/mol. The number of amides is 3. The van der Waals surface area contributed by atoms with Crippen molar-refractivity contribution in [2.24, 2.45) is 5.92 Å². The zero-order valence-corrected chi connectivity index (χ0v) is 14.3. The molecule has 0 saturated carbocycles. The summed E-state index contributed by atoms with van der Waals surface area (Å²) < 4.78 is 5.07. The maximum Gasteiger partial charge on any atom is 0.269 e. The molecule has 2 aromatic carbocycles. The van der Waals surface area contributed by atoms with Crippen molar-refractivity contribution in [2.45, 2.75) is 6.42 Å². The molecule has 2 aromatic rings. The number of nitrogens with one attached hydrogen (secondary N) is 2. The van der Waals surface area contributed by atoms with E-state index in [1.165, 1.54) is 7.11 Å².